The number of alkyl halides is 2. The Bertz CT molecular complexity index is 6460. The van der Waals surface area contributed by atoms with E-state index in [1.165, 1.54) is 57.3 Å². The van der Waals surface area contributed by atoms with Gasteiger partial charge in [0.25, 0.3) is 0 Å². The molecule has 2 unspecified atom stereocenters. The number of aromatic amines is 3. The molecule has 0 amide bonds. The van der Waals surface area contributed by atoms with Gasteiger partial charge in [-0.2, -0.15) is 0 Å². The predicted molar refractivity (Wildman–Crippen MR) is 441 cm³/mol. The summed E-state index contributed by atoms with van der Waals surface area (Å²) in [4.78, 5) is 84.4. The molecule has 0 bridgehead atoms. The van der Waals surface area contributed by atoms with Crippen LogP contribution in [0.3, 0.4) is 0 Å². The van der Waals surface area contributed by atoms with Gasteiger partial charge in [0.2, 0.25) is 17.5 Å². The number of aromatic nitrogens is 18. The number of rotatable bonds is 18. The van der Waals surface area contributed by atoms with E-state index < -0.39 is 46.1 Å². The molecular weight excluding hydrogens is 1590 g/mol. The van der Waals surface area contributed by atoms with E-state index in [2.05, 4.69) is 81.8 Å². The second-order valence-corrected chi connectivity index (χ2v) is 33.0. The number of imidazole rings is 3. The number of fused-ring (bicyclic) bond motifs is 3. The van der Waals surface area contributed by atoms with Crippen LogP contribution in [0.2, 0.25) is 15.1 Å². The average Bonchev–Trinajstić information content (AvgIpc) is 1.60. The molecule has 3 aromatic carbocycles. The van der Waals surface area contributed by atoms with Gasteiger partial charge < -0.3 is 13.7 Å². The van der Waals surface area contributed by atoms with E-state index in [0.717, 1.165) is 117 Å². The lowest BCUT2D eigenvalue weighted by Crippen LogP contribution is -2.27. The Kier molecular flexibility index (Phi) is 23.0. The number of benzene rings is 3. The zero-order valence-electron chi connectivity index (χ0n) is 65.3. The van der Waals surface area contributed by atoms with Crippen molar-refractivity contribution in [2.24, 2.45) is 35.5 Å². The fourth-order valence-electron chi connectivity index (χ4n) is 16.6. The summed E-state index contributed by atoms with van der Waals surface area (Å²) in [5, 5.41) is 12.6. The van der Waals surface area contributed by atoms with Crippen LogP contribution < -0.4 is 17.3 Å². The summed E-state index contributed by atoms with van der Waals surface area (Å²) in [6.07, 6.45) is 22.3. The van der Waals surface area contributed by atoms with Gasteiger partial charge >= 0.3 is 17.3 Å². The number of hydrogen-bond donors (Lipinski definition) is 3. The predicted octanol–water partition coefficient (Wildman–Crippen LogP) is 19.9. The summed E-state index contributed by atoms with van der Waals surface area (Å²) < 4.78 is 97.5. The first-order valence-corrected chi connectivity index (χ1v) is 40.5. The largest absolute Gasteiger partial charge is 0.439 e. The van der Waals surface area contributed by atoms with Crippen molar-refractivity contribution in [2.75, 3.05) is 0 Å². The van der Waals surface area contributed by atoms with Crippen LogP contribution in [0.1, 0.15) is 146 Å². The van der Waals surface area contributed by atoms with E-state index in [0.29, 0.717) is 113 Å². The quantitative estimate of drug-likeness (QED) is 0.0672. The molecule has 0 saturated heterocycles. The van der Waals surface area contributed by atoms with E-state index in [1.807, 2.05) is 47.0 Å². The van der Waals surface area contributed by atoms with Crippen molar-refractivity contribution in [3.8, 4) is 68.3 Å². The molecule has 3 fully saturated rings. The van der Waals surface area contributed by atoms with E-state index in [9.17, 15) is 27.6 Å². The third-order valence-corrected chi connectivity index (χ3v) is 23.6. The second kappa shape index (κ2) is 33.8. The van der Waals surface area contributed by atoms with Gasteiger partial charge in [0.15, 0.2) is 23.0 Å². The molecule has 12 heterocycles. The van der Waals surface area contributed by atoms with Crippen molar-refractivity contribution in [3.05, 3.63) is 251 Å². The number of H-pyrrole nitrogens is 3. The van der Waals surface area contributed by atoms with Crippen molar-refractivity contribution in [1.29, 1.82) is 0 Å². The second-order valence-electron chi connectivity index (χ2n) is 31.6. The molecular formula is C87H80Cl3F5N18O6. The van der Waals surface area contributed by atoms with Gasteiger partial charge in [-0.1, -0.05) is 165 Å². The highest BCUT2D eigenvalue weighted by Crippen LogP contribution is 2.46. The molecule has 3 aliphatic carbocycles. The number of nitrogens with one attached hydrogen (secondary N) is 3. The summed E-state index contributed by atoms with van der Waals surface area (Å²) in [5.41, 5.74) is 4.26. The monoisotopic (exact) mass is 1670 g/mol. The first-order valence-electron chi connectivity index (χ1n) is 39.4. The SMILES string of the molecule is C=C(c1ccccc1)c1nc2cc(-c3noc(=O)[nH]3)nc(-c3cncc(Cl)c3)c2n1CC1CCC(C)CC1.CC1CCC(Cn2c(C(C)(F)c3ccc(F)cc3F)nc3cc(-c4noc(=O)[nH]4)nc(-c4cncc(Cl)c4)c32)CC1.CC1CCC(Cn2c(C(C)(F)c3ccccc3F)nc3cc(-c4noc(=O)[nH]4)nc(-c4cncc(Cl)c4)c32)CC1. The molecule has 0 spiro atoms. The van der Waals surface area contributed by atoms with Crippen LogP contribution in [0.5, 0.6) is 0 Å². The van der Waals surface area contributed by atoms with Gasteiger partial charge in [-0.15, -0.1) is 0 Å². The number of nitrogens with zero attached hydrogens (tertiary/aromatic N) is 15. The molecule has 15 aromatic rings. The molecule has 3 saturated carbocycles. The Morgan fingerprint density at radius 2 is 0.807 bits per heavy atom. The summed E-state index contributed by atoms with van der Waals surface area (Å²) >= 11 is 18.9. The highest BCUT2D eigenvalue weighted by molar-refractivity contribution is 6.31. The first kappa shape index (κ1) is 80.8. The van der Waals surface area contributed by atoms with Gasteiger partial charge in [-0.25, -0.2) is 66.2 Å². The number of pyridine rings is 6. The van der Waals surface area contributed by atoms with E-state index in [-0.39, 0.29) is 63.5 Å². The molecule has 3 N–H and O–H groups in total. The van der Waals surface area contributed by atoms with E-state index in [4.69, 9.17) is 73.8 Å². The third kappa shape index (κ3) is 17.1. The van der Waals surface area contributed by atoms with Crippen molar-refractivity contribution >= 4 is 73.5 Å². The molecule has 32 heteroatoms. The molecule has 119 heavy (non-hydrogen) atoms. The zero-order chi connectivity index (χ0) is 83.1. The van der Waals surface area contributed by atoms with Crippen LogP contribution >= 0.6 is 34.8 Å². The Balaban J connectivity index is 0.000000133. The summed E-state index contributed by atoms with van der Waals surface area (Å²) in [7, 11) is 0. The van der Waals surface area contributed by atoms with Crippen molar-refractivity contribution in [2.45, 2.75) is 143 Å². The van der Waals surface area contributed by atoms with Crippen LogP contribution in [0.15, 0.2) is 181 Å². The molecule has 0 radical (unpaired) electrons. The fourth-order valence-corrected chi connectivity index (χ4v) is 17.1. The molecule has 610 valence electrons. The smallest absolute Gasteiger partial charge is 0.323 e. The highest BCUT2D eigenvalue weighted by Gasteiger charge is 2.41. The van der Waals surface area contributed by atoms with Crippen molar-refractivity contribution < 1.29 is 35.5 Å². The highest BCUT2D eigenvalue weighted by atomic mass is 35.5. The van der Waals surface area contributed by atoms with Crippen LogP contribution in [0.4, 0.5) is 22.0 Å². The molecule has 3 aliphatic rings. The maximum Gasteiger partial charge on any atom is 0.439 e. The van der Waals surface area contributed by atoms with Gasteiger partial charge in [-0.3, -0.25) is 43.5 Å². The lowest BCUT2D eigenvalue weighted by Gasteiger charge is -2.29. The van der Waals surface area contributed by atoms with Crippen LogP contribution in [-0.4, -0.2) is 89.0 Å². The van der Waals surface area contributed by atoms with E-state index >= 15 is 8.78 Å². The molecule has 2 atom stereocenters. The number of hydrogen-bond acceptors (Lipinski definition) is 18. The average molecular weight is 1680 g/mol. The summed E-state index contributed by atoms with van der Waals surface area (Å²) in [6.45, 7) is 15.5. The van der Waals surface area contributed by atoms with Crippen molar-refractivity contribution in [1.82, 2.24) is 89.0 Å². The minimum Gasteiger partial charge on any atom is -0.323 e. The van der Waals surface area contributed by atoms with Crippen LogP contribution in [0, 0.1) is 53.0 Å². The minimum absolute atomic E-state index is 0.0538. The van der Waals surface area contributed by atoms with E-state index in [1.54, 1.807) is 59.7 Å². The topological polar surface area (TPSA) is 307 Å². The van der Waals surface area contributed by atoms with Gasteiger partial charge in [0, 0.05) is 96.3 Å². The summed E-state index contributed by atoms with van der Waals surface area (Å²) in [5.74, 6) is -0.454. The number of halogens is 8. The van der Waals surface area contributed by atoms with Gasteiger partial charge in [0.1, 0.15) is 40.4 Å². The van der Waals surface area contributed by atoms with Gasteiger partial charge in [0.05, 0.1) is 65.2 Å². The molecule has 12 aromatic heterocycles. The molecule has 18 rings (SSSR count). The van der Waals surface area contributed by atoms with Gasteiger partial charge in [-0.05, 0) is 148 Å². The standard InChI is InChI=1S/C29H26ClF3N6O2.C29H27ClF2N6O2.C29H27ClN6O2/c1-15-3-5-16(6-4-15)14-39-25-22(36-27(39)29(2,33)20-8-7-19(31)10-21(20)32)11-23(26-37-28(40)41-38-26)35-24(25)17-9-18(30)13-34-12-17;1-16-7-9-17(10-8-16)15-38-25-22(35-27(38)29(2,32)20-5-3-4-6-21(20)31)12-23(26-36-28(39)40-37-26)34-24(25)18-11-19(30)14-33-13-18;1-17-8-10-19(11-9-17)16-36-26-23(33-28(36)18(2)20-6-4-3-5-7-20)13-24(27-34-29(37)38-35-27)32-25(26)21-12-22(30)15-31-14-21/h7-13,15-16H,3-6,14H2,1-2H3,(H,37,38,40);3-6,11-14,16-17H,7-10,15H2,1-2H3,(H,36,37,39);3-7,12-15,17,19H,2,8-11,16H2,1H3,(H,34,35,37). The Morgan fingerprint density at radius 1 is 0.445 bits per heavy atom. The lowest BCUT2D eigenvalue weighted by molar-refractivity contribution is 0.208. The normalized spacial score (nSPS) is 18.6. The maximum absolute atomic E-state index is 16.9. The maximum atomic E-state index is 16.9. The Hall–Kier alpha value is -12.0. The lowest BCUT2D eigenvalue weighted by atomic mass is 9.83. The Labute approximate surface area is 691 Å². The van der Waals surface area contributed by atoms with Crippen molar-refractivity contribution in [3.63, 3.8) is 0 Å². The Morgan fingerprint density at radius 3 is 1.18 bits per heavy atom. The zero-order valence-corrected chi connectivity index (χ0v) is 67.6. The molecule has 0 aliphatic heterocycles. The fraction of sp³-hybridized carbons (Fsp3) is 0.322. The van der Waals surface area contributed by atoms with Crippen LogP contribution in [0.25, 0.3) is 107 Å². The first-order chi connectivity index (χ1) is 57.3. The summed E-state index contributed by atoms with van der Waals surface area (Å²) in [6, 6.07) is 28.9. The van der Waals surface area contributed by atoms with Crippen LogP contribution in [-0.2, 0) is 31.0 Å². The third-order valence-electron chi connectivity index (χ3n) is 22.9. The molecule has 24 nitrogen and oxygen atoms in total. The minimum atomic E-state index is -2.44.